The second-order valence-corrected chi connectivity index (χ2v) is 5.94. The van der Waals surface area contributed by atoms with E-state index in [2.05, 4.69) is 18.0 Å². The summed E-state index contributed by atoms with van der Waals surface area (Å²) in [6.07, 6.45) is 0. The average Bonchev–Trinajstić information content (AvgIpc) is 2.84. The van der Waals surface area contributed by atoms with Crippen LogP contribution in [0.5, 0.6) is 5.75 Å². The van der Waals surface area contributed by atoms with Crippen molar-refractivity contribution in [3.8, 4) is 5.75 Å². The van der Waals surface area contributed by atoms with E-state index in [-0.39, 0.29) is 5.78 Å². The van der Waals surface area contributed by atoms with E-state index in [1.807, 2.05) is 19.1 Å². The Labute approximate surface area is 128 Å². The molecule has 0 N–H and O–H groups in total. The maximum atomic E-state index is 11.6. The fourth-order valence-corrected chi connectivity index (χ4v) is 2.87. The molecule has 0 unspecified atom stereocenters. The minimum absolute atomic E-state index is 0.0116. The van der Waals surface area contributed by atoms with E-state index in [0.29, 0.717) is 23.8 Å². The summed E-state index contributed by atoms with van der Waals surface area (Å²) >= 11 is 1.37. The van der Waals surface area contributed by atoms with Crippen molar-refractivity contribution in [2.45, 2.75) is 34.0 Å². The molecular formula is C16H19NO3S. The Morgan fingerprint density at radius 1 is 1.29 bits per heavy atom. The largest absolute Gasteiger partial charge is 0.486 e. The van der Waals surface area contributed by atoms with Crippen molar-refractivity contribution in [3.05, 3.63) is 44.9 Å². The minimum Gasteiger partial charge on any atom is -0.486 e. The fourth-order valence-electron chi connectivity index (χ4n) is 1.99. The van der Waals surface area contributed by atoms with Gasteiger partial charge in [0.15, 0.2) is 5.78 Å². The van der Waals surface area contributed by atoms with Gasteiger partial charge in [0.2, 0.25) is 0 Å². The number of nitrogens with zero attached hydrogens (tertiary/aromatic N) is 1. The number of hydrogen-bond acceptors (Lipinski definition) is 5. The second-order valence-electron chi connectivity index (χ2n) is 4.86. The van der Waals surface area contributed by atoms with Crippen LogP contribution in [0.25, 0.3) is 0 Å². The summed E-state index contributed by atoms with van der Waals surface area (Å²) in [5.41, 5.74) is 3.00. The first-order valence-corrected chi connectivity index (χ1v) is 7.52. The molecule has 21 heavy (non-hydrogen) atoms. The van der Waals surface area contributed by atoms with Crippen molar-refractivity contribution >= 4 is 17.1 Å². The summed E-state index contributed by atoms with van der Waals surface area (Å²) in [5.74, 6) is 0.861. The molecular weight excluding hydrogens is 286 g/mol. The number of methoxy groups -OCH3 is 1. The Kier molecular flexibility index (Phi) is 5.09. The van der Waals surface area contributed by atoms with Crippen molar-refractivity contribution in [1.29, 1.82) is 0 Å². The molecule has 5 heteroatoms. The van der Waals surface area contributed by atoms with Gasteiger partial charge < -0.3 is 9.47 Å². The molecule has 2 rings (SSSR count). The molecule has 112 valence electrons. The van der Waals surface area contributed by atoms with Gasteiger partial charge in [-0.1, -0.05) is 12.1 Å². The summed E-state index contributed by atoms with van der Waals surface area (Å²) in [6, 6.07) is 5.96. The maximum absolute atomic E-state index is 11.6. The van der Waals surface area contributed by atoms with Crippen LogP contribution in [0, 0.1) is 13.8 Å². The van der Waals surface area contributed by atoms with Crippen LogP contribution in [0.4, 0.5) is 0 Å². The van der Waals surface area contributed by atoms with Gasteiger partial charge in [-0.25, -0.2) is 4.98 Å². The number of thiazole rings is 1. The highest BCUT2D eigenvalue weighted by atomic mass is 32.1. The zero-order valence-corrected chi connectivity index (χ0v) is 13.5. The van der Waals surface area contributed by atoms with E-state index in [1.165, 1.54) is 16.9 Å². The number of carbonyl (C=O) groups is 1. The van der Waals surface area contributed by atoms with Crippen LogP contribution < -0.4 is 4.74 Å². The molecule has 1 heterocycles. The summed E-state index contributed by atoms with van der Waals surface area (Å²) in [5, 5.41) is 0.785. The minimum atomic E-state index is 0.0116. The number of carbonyl (C=O) groups excluding carboxylic acids is 1. The third-order valence-electron chi connectivity index (χ3n) is 3.25. The number of benzene rings is 1. The molecule has 1 aromatic carbocycles. The van der Waals surface area contributed by atoms with Gasteiger partial charge in [-0.05, 0) is 31.0 Å². The van der Waals surface area contributed by atoms with Gasteiger partial charge in [0.1, 0.15) is 17.4 Å². The smallest absolute Gasteiger partial charge is 0.171 e. The predicted octanol–water partition coefficient (Wildman–Crippen LogP) is 3.69. The lowest BCUT2D eigenvalue weighted by atomic mass is 10.1. The molecule has 0 fully saturated rings. The molecule has 0 saturated heterocycles. The third kappa shape index (κ3) is 3.68. The average molecular weight is 305 g/mol. The lowest BCUT2D eigenvalue weighted by molar-refractivity contribution is 0.101. The number of ketones is 1. The van der Waals surface area contributed by atoms with Crippen molar-refractivity contribution in [2.75, 3.05) is 7.11 Å². The summed E-state index contributed by atoms with van der Waals surface area (Å²) in [7, 11) is 1.59. The normalized spacial score (nSPS) is 10.7. The quantitative estimate of drug-likeness (QED) is 0.764. The molecule has 1 aromatic heterocycles. The van der Waals surface area contributed by atoms with Gasteiger partial charge >= 0.3 is 0 Å². The molecule has 2 aromatic rings. The number of aryl methyl sites for hydroxylation is 1. The van der Waals surface area contributed by atoms with E-state index >= 15 is 0 Å². The molecule has 0 atom stereocenters. The van der Waals surface area contributed by atoms with Crippen LogP contribution in [0.15, 0.2) is 18.2 Å². The number of hydrogen-bond donors (Lipinski definition) is 0. The molecule has 0 aliphatic heterocycles. The van der Waals surface area contributed by atoms with Crippen LogP contribution in [0.2, 0.25) is 0 Å². The van der Waals surface area contributed by atoms with E-state index < -0.39 is 0 Å². The van der Waals surface area contributed by atoms with Crippen LogP contribution in [-0.4, -0.2) is 17.9 Å². The van der Waals surface area contributed by atoms with Gasteiger partial charge in [0.05, 0.1) is 17.2 Å². The third-order valence-corrected chi connectivity index (χ3v) is 4.42. The first kappa shape index (κ1) is 15.7. The Balaban J connectivity index is 2.15. The van der Waals surface area contributed by atoms with Gasteiger partial charge in [-0.3, -0.25) is 4.79 Å². The van der Waals surface area contributed by atoms with E-state index in [9.17, 15) is 4.79 Å². The molecule has 0 bridgehead atoms. The number of ether oxygens (including phenoxy) is 2. The first-order valence-electron chi connectivity index (χ1n) is 6.70. The highest BCUT2D eigenvalue weighted by Crippen LogP contribution is 2.24. The van der Waals surface area contributed by atoms with Gasteiger partial charge in [-0.2, -0.15) is 0 Å². The van der Waals surface area contributed by atoms with Crippen LogP contribution in [0.1, 0.15) is 38.4 Å². The Bertz CT molecular complexity index is 649. The van der Waals surface area contributed by atoms with Crippen molar-refractivity contribution in [1.82, 2.24) is 4.98 Å². The molecule has 0 aliphatic carbocycles. The Morgan fingerprint density at radius 3 is 2.71 bits per heavy atom. The highest BCUT2D eigenvalue weighted by molar-refractivity contribution is 7.13. The molecule has 0 radical (unpaired) electrons. The molecule has 0 aliphatic rings. The van der Waals surface area contributed by atoms with E-state index in [4.69, 9.17) is 9.47 Å². The van der Waals surface area contributed by atoms with Crippen LogP contribution in [-0.2, 0) is 18.0 Å². The summed E-state index contributed by atoms with van der Waals surface area (Å²) in [4.78, 5) is 16.7. The lowest BCUT2D eigenvalue weighted by Gasteiger charge is -2.09. The van der Waals surface area contributed by atoms with E-state index in [0.717, 1.165) is 16.3 Å². The Hall–Kier alpha value is -1.72. The first-order chi connectivity index (χ1) is 10.0. The monoisotopic (exact) mass is 305 g/mol. The molecule has 4 nitrogen and oxygen atoms in total. The fraction of sp³-hybridized carbons (Fsp3) is 0.375. The van der Waals surface area contributed by atoms with Crippen molar-refractivity contribution in [3.63, 3.8) is 0 Å². The maximum Gasteiger partial charge on any atom is 0.171 e. The number of rotatable bonds is 6. The SMILES string of the molecule is COCc1nc(COc2cccc(C)c2C)sc1C(C)=O. The van der Waals surface area contributed by atoms with Crippen LogP contribution in [0.3, 0.4) is 0 Å². The second kappa shape index (κ2) is 6.83. The predicted molar refractivity (Wildman–Crippen MR) is 83.1 cm³/mol. The Morgan fingerprint density at radius 2 is 2.05 bits per heavy atom. The molecule has 0 spiro atoms. The molecule has 0 amide bonds. The van der Waals surface area contributed by atoms with Crippen molar-refractivity contribution < 1.29 is 14.3 Å². The standard InChI is InChI=1S/C16H19NO3S/c1-10-6-5-7-14(11(10)2)20-9-15-17-13(8-19-4)16(21-15)12(3)18/h5-7H,8-9H2,1-4H3. The summed E-state index contributed by atoms with van der Waals surface area (Å²) in [6.45, 7) is 6.33. The van der Waals surface area contributed by atoms with Crippen LogP contribution >= 0.6 is 11.3 Å². The van der Waals surface area contributed by atoms with Gasteiger partial charge in [0.25, 0.3) is 0 Å². The van der Waals surface area contributed by atoms with E-state index in [1.54, 1.807) is 14.0 Å². The van der Waals surface area contributed by atoms with Gasteiger partial charge in [-0.15, -0.1) is 11.3 Å². The zero-order chi connectivity index (χ0) is 15.4. The highest BCUT2D eigenvalue weighted by Gasteiger charge is 2.15. The lowest BCUT2D eigenvalue weighted by Crippen LogP contribution is -1.99. The number of aromatic nitrogens is 1. The van der Waals surface area contributed by atoms with Crippen molar-refractivity contribution in [2.24, 2.45) is 0 Å². The summed E-state index contributed by atoms with van der Waals surface area (Å²) < 4.78 is 10.9. The molecule has 0 saturated carbocycles. The van der Waals surface area contributed by atoms with Gasteiger partial charge in [0, 0.05) is 14.0 Å². The number of Topliss-reactive ketones (excluding diaryl/α,β-unsaturated/α-hetero) is 1. The topological polar surface area (TPSA) is 48.4 Å². The zero-order valence-electron chi connectivity index (χ0n) is 12.7.